The minimum atomic E-state index is -0.972. The first-order chi connectivity index (χ1) is 9.58. The molecule has 0 spiro atoms. The average Bonchev–Trinajstić information content (AvgIpc) is 2.95. The van der Waals surface area contributed by atoms with Crippen LogP contribution in [0.1, 0.15) is 42.1 Å². The van der Waals surface area contributed by atoms with Gasteiger partial charge in [0.1, 0.15) is 11.8 Å². The standard InChI is InChI=1S/C12H16N4O3S/c1-6(2)8-11(20-16-15-8)10(17)9-12(19-4)14-7(18-3)5-13-9/h5-6,10,17H,1-4H3. The molecule has 0 aromatic carbocycles. The zero-order valence-corrected chi connectivity index (χ0v) is 12.5. The van der Waals surface area contributed by atoms with E-state index in [1.807, 2.05) is 13.8 Å². The number of aliphatic hydroxyl groups is 1. The quantitative estimate of drug-likeness (QED) is 0.895. The second-order valence-corrected chi connectivity index (χ2v) is 5.17. The molecule has 2 aromatic heterocycles. The van der Waals surface area contributed by atoms with Gasteiger partial charge in [-0.25, -0.2) is 4.98 Å². The largest absolute Gasteiger partial charge is 0.480 e. The van der Waals surface area contributed by atoms with Crippen LogP contribution in [0.25, 0.3) is 0 Å². The fourth-order valence-electron chi connectivity index (χ4n) is 1.72. The molecule has 1 N–H and O–H groups in total. The van der Waals surface area contributed by atoms with Gasteiger partial charge < -0.3 is 14.6 Å². The topological polar surface area (TPSA) is 90.2 Å². The van der Waals surface area contributed by atoms with Gasteiger partial charge in [0.05, 0.1) is 31.0 Å². The lowest BCUT2D eigenvalue weighted by atomic mass is 10.1. The summed E-state index contributed by atoms with van der Waals surface area (Å²) in [6.45, 7) is 3.98. The van der Waals surface area contributed by atoms with Crippen LogP contribution in [-0.4, -0.2) is 38.9 Å². The average molecular weight is 296 g/mol. The lowest BCUT2D eigenvalue weighted by Gasteiger charge is -2.13. The Morgan fingerprint density at radius 2 is 1.95 bits per heavy atom. The predicted octanol–water partition coefficient (Wildman–Crippen LogP) is 1.55. The van der Waals surface area contributed by atoms with Gasteiger partial charge >= 0.3 is 0 Å². The van der Waals surface area contributed by atoms with Crippen molar-refractivity contribution in [2.24, 2.45) is 0 Å². The van der Waals surface area contributed by atoms with E-state index in [2.05, 4.69) is 19.6 Å². The monoisotopic (exact) mass is 296 g/mol. The lowest BCUT2D eigenvalue weighted by Crippen LogP contribution is -2.08. The maximum atomic E-state index is 10.5. The van der Waals surface area contributed by atoms with Gasteiger partial charge in [-0.1, -0.05) is 18.3 Å². The minimum absolute atomic E-state index is 0.163. The normalized spacial score (nSPS) is 12.5. The summed E-state index contributed by atoms with van der Waals surface area (Å²) in [5.74, 6) is 0.708. The molecule has 2 aromatic rings. The Bertz CT molecular complexity index is 588. The van der Waals surface area contributed by atoms with E-state index in [0.717, 1.165) is 17.2 Å². The maximum absolute atomic E-state index is 10.5. The smallest absolute Gasteiger partial charge is 0.241 e. The van der Waals surface area contributed by atoms with E-state index in [1.165, 1.54) is 20.4 Å². The van der Waals surface area contributed by atoms with E-state index in [9.17, 15) is 5.11 Å². The van der Waals surface area contributed by atoms with Crippen molar-refractivity contribution >= 4 is 11.5 Å². The molecule has 8 heteroatoms. The molecule has 1 atom stereocenters. The number of rotatable bonds is 5. The zero-order chi connectivity index (χ0) is 14.7. The van der Waals surface area contributed by atoms with E-state index in [-0.39, 0.29) is 11.8 Å². The molecule has 2 rings (SSSR count). The lowest BCUT2D eigenvalue weighted by molar-refractivity contribution is 0.208. The van der Waals surface area contributed by atoms with Crippen LogP contribution >= 0.6 is 11.5 Å². The van der Waals surface area contributed by atoms with E-state index < -0.39 is 6.10 Å². The number of hydrogen-bond acceptors (Lipinski definition) is 8. The first-order valence-corrected chi connectivity index (χ1v) is 6.81. The summed E-state index contributed by atoms with van der Waals surface area (Å²) >= 11 is 1.14. The highest BCUT2D eigenvalue weighted by molar-refractivity contribution is 7.05. The van der Waals surface area contributed by atoms with Crippen LogP contribution in [0.15, 0.2) is 6.20 Å². The number of hydrogen-bond donors (Lipinski definition) is 1. The summed E-state index contributed by atoms with van der Waals surface area (Å²) in [4.78, 5) is 8.93. The second-order valence-electron chi connectivity index (χ2n) is 4.39. The molecule has 0 saturated heterocycles. The van der Waals surface area contributed by atoms with E-state index >= 15 is 0 Å². The van der Waals surface area contributed by atoms with Gasteiger partial charge in [-0.2, -0.15) is 4.98 Å². The molecule has 2 heterocycles. The van der Waals surface area contributed by atoms with E-state index in [0.29, 0.717) is 16.5 Å². The third-order valence-corrected chi connectivity index (χ3v) is 3.53. The van der Waals surface area contributed by atoms with Crippen molar-refractivity contribution in [3.8, 4) is 11.8 Å². The van der Waals surface area contributed by atoms with Crippen molar-refractivity contribution in [1.29, 1.82) is 0 Å². The molecule has 1 unspecified atom stereocenters. The van der Waals surface area contributed by atoms with Crippen LogP contribution in [-0.2, 0) is 0 Å². The van der Waals surface area contributed by atoms with Crippen LogP contribution in [0.2, 0.25) is 0 Å². The highest BCUT2D eigenvalue weighted by Gasteiger charge is 2.25. The van der Waals surface area contributed by atoms with Crippen LogP contribution in [0.3, 0.4) is 0 Å². The number of ether oxygens (including phenoxy) is 2. The van der Waals surface area contributed by atoms with Crippen LogP contribution in [0, 0.1) is 0 Å². The van der Waals surface area contributed by atoms with Crippen molar-refractivity contribution in [2.75, 3.05) is 14.2 Å². The van der Waals surface area contributed by atoms with Crippen molar-refractivity contribution in [3.05, 3.63) is 22.5 Å². The molecular weight excluding hydrogens is 280 g/mol. The SMILES string of the molecule is COc1cnc(C(O)c2snnc2C(C)C)c(OC)n1. The van der Waals surface area contributed by atoms with Crippen molar-refractivity contribution in [1.82, 2.24) is 19.6 Å². The molecule has 0 aliphatic carbocycles. The summed E-state index contributed by atoms with van der Waals surface area (Å²) in [5.41, 5.74) is 1.07. The van der Waals surface area contributed by atoms with Crippen LogP contribution < -0.4 is 9.47 Å². The Morgan fingerprint density at radius 1 is 1.20 bits per heavy atom. The highest BCUT2D eigenvalue weighted by atomic mass is 32.1. The van der Waals surface area contributed by atoms with Gasteiger partial charge in [0.2, 0.25) is 11.8 Å². The fraction of sp³-hybridized carbons (Fsp3) is 0.500. The van der Waals surface area contributed by atoms with Crippen molar-refractivity contribution in [3.63, 3.8) is 0 Å². The number of aromatic nitrogens is 4. The molecule has 0 radical (unpaired) electrons. The molecule has 0 aliphatic rings. The molecule has 20 heavy (non-hydrogen) atoms. The molecule has 108 valence electrons. The summed E-state index contributed by atoms with van der Waals surface area (Å²) < 4.78 is 14.0. The zero-order valence-electron chi connectivity index (χ0n) is 11.7. The van der Waals surface area contributed by atoms with Gasteiger partial charge in [-0.3, -0.25) is 0 Å². The second kappa shape index (κ2) is 6.10. The van der Waals surface area contributed by atoms with Crippen LogP contribution in [0.5, 0.6) is 11.8 Å². The number of aliphatic hydroxyl groups excluding tert-OH is 1. The van der Waals surface area contributed by atoms with Gasteiger partial charge in [-0.05, 0) is 17.5 Å². The molecule has 7 nitrogen and oxygen atoms in total. The Labute approximate surface area is 120 Å². The third kappa shape index (κ3) is 2.70. The van der Waals surface area contributed by atoms with E-state index in [4.69, 9.17) is 9.47 Å². The Kier molecular flexibility index (Phi) is 4.46. The summed E-state index contributed by atoms with van der Waals surface area (Å²) in [7, 11) is 2.96. The maximum Gasteiger partial charge on any atom is 0.241 e. The molecule has 0 aliphatic heterocycles. The van der Waals surface area contributed by atoms with E-state index in [1.54, 1.807) is 0 Å². The molecule has 0 fully saturated rings. The third-order valence-electron chi connectivity index (χ3n) is 2.74. The number of nitrogens with zero attached hydrogens (tertiary/aromatic N) is 4. The van der Waals surface area contributed by atoms with Gasteiger partial charge in [0, 0.05) is 0 Å². The summed E-state index contributed by atoms with van der Waals surface area (Å²) in [6.07, 6.45) is 0.464. The molecule has 0 saturated carbocycles. The van der Waals surface area contributed by atoms with Gasteiger partial charge in [-0.15, -0.1) is 5.10 Å². The Morgan fingerprint density at radius 3 is 2.55 bits per heavy atom. The van der Waals surface area contributed by atoms with Gasteiger partial charge in [0.25, 0.3) is 0 Å². The highest BCUT2D eigenvalue weighted by Crippen LogP contribution is 2.33. The Balaban J connectivity index is 2.42. The van der Waals surface area contributed by atoms with Crippen molar-refractivity contribution in [2.45, 2.75) is 25.9 Å². The molecule has 0 amide bonds. The minimum Gasteiger partial charge on any atom is -0.480 e. The summed E-state index contributed by atoms with van der Waals surface area (Å²) in [5, 5.41) is 14.5. The van der Waals surface area contributed by atoms with Gasteiger partial charge in [0.15, 0.2) is 0 Å². The molecule has 0 bridgehead atoms. The summed E-state index contributed by atoms with van der Waals surface area (Å²) in [6, 6.07) is 0. The first kappa shape index (κ1) is 14.6. The van der Waals surface area contributed by atoms with Crippen LogP contribution in [0.4, 0.5) is 0 Å². The number of methoxy groups -OCH3 is 2. The fourth-order valence-corrected chi connectivity index (χ4v) is 2.52. The molecular formula is C12H16N4O3S. The predicted molar refractivity (Wildman–Crippen MR) is 73.2 cm³/mol. The van der Waals surface area contributed by atoms with Crippen molar-refractivity contribution < 1.29 is 14.6 Å². The Hall–Kier alpha value is -1.80. The first-order valence-electron chi connectivity index (χ1n) is 6.03.